The molecule has 24 heavy (non-hydrogen) atoms. The molecule has 1 atom stereocenters. The van der Waals surface area contributed by atoms with Gasteiger partial charge in [-0.3, -0.25) is 14.4 Å². The summed E-state index contributed by atoms with van der Waals surface area (Å²) in [6, 6.07) is 0.436. The number of H-pyrrole nitrogens is 1. The van der Waals surface area contributed by atoms with Crippen molar-refractivity contribution in [1.82, 2.24) is 19.7 Å². The highest BCUT2D eigenvalue weighted by Crippen LogP contribution is 2.40. The predicted octanol–water partition coefficient (Wildman–Crippen LogP) is 2.69. The van der Waals surface area contributed by atoms with Crippen molar-refractivity contribution in [3.63, 3.8) is 0 Å². The first-order chi connectivity index (χ1) is 11.7. The Labute approximate surface area is 142 Å². The van der Waals surface area contributed by atoms with E-state index in [1.54, 1.807) is 0 Å². The van der Waals surface area contributed by atoms with Gasteiger partial charge in [0.1, 0.15) is 5.65 Å². The summed E-state index contributed by atoms with van der Waals surface area (Å²) in [7, 11) is 1.97. The van der Waals surface area contributed by atoms with E-state index in [4.69, 9.17) is 5.10 Å². The SMILES string of the molecule is Cn1nc([C@H]2CCCN2CC2CC2)c2c3c(c(=O)[nH]c21)CCCC3. The summed E-state index contributed by atoms with van der Waals surface area (Å²) in [6.07, 6.45) is 9.54. The summed E-state index contributed by atoms with van der Waals surface area (Å²) >= 11 is 0. The molecule has 3 heterocycles. The lowest BCUT2D eigenvalue weighted by Crippen LogP contribution is -2.26. The Bertz CT molecular complexity index is 845. The van der Waals surface area contributed by atoms with Crippen LogP contribution in [0.1, 0.15) is 61.4 Å². The molecule has 2 aromatic rings. The molecule has 5 rings (SSSR count). The van der Waals surface area contributed by atoms with E-state index in [9.17, 15) is 4.79 Å². The third-order valence-electron chi connectivity index (χ3n) is 6.22. The molecule has 1 saturated heterocycles. The molecule has 1 saturated carbocycles. The zero-order valence-electron chi connectivity index (χ0n) is 14.5. The van der Waals surface area contributed by atoms with Crippen molar-refractivity contribution in [2.45, 2.75) is 57.4 Å². The molecule has 0 spiro atoms. The summed E-state index contributed by atoms with van der Waals surface area (Å²) in [5.74, 6) is 0.911. The van der Waals surface area contributed by atoms with Crippen molar-refractivity contribution >= 4 is 11.0 Å². The number of hydrogen-bond donors (Lipinski definition) is 1. The molecule has 0 aromatic carbocycles. The van der Waals surface area contributed by atoms with Gasteiger partial charge in [-0.25, -0.2) is 0 Å². The summed E-state index contributed by atoms with van der Waals surface area (Å²) in [4.78, 5) is 18.2. The summed E-state index contributed by atoms with van der Waals surface area (Å²) in [6.45, 7) is 2.43. The van der Waals surface area contributed by atoms with Gasteiger partial charge in [0.25, 0.3) is 5.56 Å². The Morgan fingerprint density at radius 2 is 1.92 bits per heavy atom. The first-order valence-electron chi connectivity index (χ1n) is 9.57. The standard InChI is InChI=1S/C19H26N4O/c1-22-18-16(13-5-2-3-6-14(13)19(24)20-18)17(21-22)15-7-4-10-23(15)11-12-8-9-12/h12,15H,2-11H2,1H3,(H,20,24)/t15-/m1/s1. The Hall–Kier alpha value is -1.62. The minimum atomic E-state index is 0.105. The number of fused-ring (bicyclic) bond motifs is 3. The Morgan fingerprint density at radius 1 is 1.12 bits per heavy atom. The first kappa shape index (κ1) is 14.7. The molecule has 0 bridgehead atoms. The smallest absolute Gasteiger partial charge is 0.253 e. The van der Waals surface area contributed by atoms with Crippen LogP contribution in [0.25, 0.3) is 11.0 Å². The molecule has 1 N–H and O–H groups in total. The molecule has 128 valence electrons. The Balaban J connectivity index is 1.66. The van der Waals surface area contributed by atoms with Crippen LogP contribution < -0.4 is 5.56 Å². The van der Waals surface area contributed by atoms with Gasteiger partial charge in [-0.15, -0.1) is 0 Å². The number of hydrogen-bond acceptors (Lipinski definition) is 3. The van der Waals surface area contributed by atoms with E-state index in [1.165, 1.54) is 61.8 Å². The molecule has 0 radical (unpaired) electrons. The molecule has 1 aliphatic heterocycles. The fourth-order valence-electron chi connectivity index (χ4n) is 4.82. The molecule has 2 aliphatic carbocycles. The van der Waals surface area contributed by atoms with Gasteiger partial charge >= 0.3 is 0 Å². The first-order valence-corrected chi connectivity index (χ1v) is 9.57. The maximum absolute atomic E-state index is 12.5. The van der Waals surface area contributed by atoms with Crippen molar-refractivity contribution in [1.29, 1.82) is 0 Å². The van der Waals surface area contributed by atoms with Crippen molar-refractivity contribution in [3.8, 4) is 0 Å². The topological polar surface area (TPSA) is 53.9 Å². The van der Waals surface area contributed by atoms with Crippen LogP contribution in [0.3, 0.4) is 0 Å². The minimum Gasteiger partial charge on any atom is -0.307 e. The molecule has 5 nitrogen and oxygen atoms in total. The minimum absolute atomic E-state index is 0.105. The second kappa shape index (κ2) is 5.45. The van der Waals surface area contributed by atoms with Crippen LogP contribution in [-0.2, 0) is 19.9 Å². The summed E-state index contributed by atoms with van der Waals surface area (Å²) in [5, 5.41) is 6.17. The quantitative estimate of drug-likeness (QED) is 0.943. The van der Waals surface area contributed by atoms with Crippen LogP contribution in [0.5, 0.6) is 0 Å². The average Bonchev–Trinajstić information content (AvgIpc) is 3.18. The third kappa shape index (κ3) is 2.25. The second-order valence-corrected chi connectivity index (χ2v) is 7.95. The number of likely N-dealkylation sites (tertiary alicyclic amines) is 1. The Morgan fingerprint density at radius 3 is 2.71 bits per heavy atom. The average molecular weight is 326 g/mol. The molecule has 0 amide bonds. The molecule has 5 heteroatoms. The van der Waals surface area contributed by atoms with E-state index in [0.29, 0.717) is 6.04 Å². The Kier molecular flexibility index (Phi) is 3.34. The molecular formula is C19H26N4O. The summed E-state index contributed by atoms with van der Waals surface area (Å²) in [5.41, 5.74) is 4.57. The van der Waals surface area contributed by atoms with Gasteiger partial charge in [0.15, 0.2) is 0 Å². The van der Waals surface area contributed by atoms with Crippen molar-refractivity contribution < 1.29 is 0 Å². The van der Waals surface area contributed by atoms with Gasteiger partial charge in [-0.2, -0.15) is 5.10 Å². The van der Waals surface area contributed by atoms with Crippen molar-refractivity contribution in [3.05, 3.63) is 27.2 Å². The van der Waals surface area contributed by atoms with E-state index in [-0.39, 0.29) is 5.56 Å². The normalized spacial score (nSPS) is 24.6. The second-order valence-electron chi connectivity index (χ2n) is 7.95. The molecule has 0 unspecified atom stereocenters. The lowest BCUT2D eigenvalue weighted by molar-refractivity contribution is 0.243. The number of aromatic nitrogens is 3. The molecule has 3 aliphatic rings. The number of nitrogens with one attached hydrogen (secondary N) is 1. The number of aromatic amines is 1. The predicted molar refractivity (Wildman–Crippen MR) is 94.2 cm³/mol. The van der Waals surface area contributed by atoms with Crippen LogP contribution in [0.4, 0.5) is 0 Å². The number of rotatable bonds is 3. The third-order valence-corrected chi connectivity index (χ3v) is 6.22. The largest absolute Gasteiger partial charge is 0.307 e. The molecular weight excluding hydrogens is 300 g/mol. The molecule has 2 fully saturated rings. The number of pyridine rings is 1. The van der Waals surface area contributed by atoms with Gasteiger partial charge < -0.3 is 4.98 Å². The highest BCUT2D eigenvalue weighted by Gasteiger charge is 2.35. The lowest BCUT2D eigenvalue weighted by atomic mass is 9.89. The fourth-order valence-corrected chi connectivity index (χ4v) is 4.82. The zero-order chi connectivity index (χ0) is 16.3. The van der Waals surface area contributed by atoms with Crippen LogP contribution in [0, 0.1) is 5.92 Å². The van der Waals surface area contributed by atoms with E-state index in [2.05, 4.69) is 9.88 Å². The van der Waals surface area contributed by atoms with E-state index >= 15 is 0 Å². The van der Waals surface area contributed by atoms with Crippen molar-refractivity contribution in [2.24, 2.45) is 13.0 Å². The van der Waals surface area contributed by atoms with Gasteiger partial charge in [-0.05, 0) is 69.4 Å². The number of aryl methyl sites for hydroxylation is 2. The van der Waals surface area contributed by atoms with Gasteiger partial charge in [0.2, 0.25) is 0 Å². The van der Waals surface area contributed by atoms with E-state index in [0.717, 1.165) is 36.4 Å². The summed E-state index contributed by atoms with van der Waals surface area (Å²) < 4.78 is 1.90. The van der Waals surface area contributed by atoms with Gasteiger partial charge in [0.05, 0.1) is 11.7 Å². The van der Waals surface area contributed by atoms with Crippen LogP contribution in [0.15, 0.2) is 4.79 Å². The van der Waals surface area contributed by atoms with E-state index in [1.807, 2.05) is 11.7 Å². The van der Waals surface area contributed by atoms with Crippen LogP contribution >= 0.6 is 0 Å². The van der Waals surface area contributed by atoms with Crippen LogP contribution in [-0.4, -0.2) is 32.8 Å². The maximum Gasteiger partial charge on any atom is 0.253 e. The maximum atomic E-state index is 12.5. The van der Waals surface area contributed by atoms with Gasteiger partial charge in [0, 0.05) is 24.5 Å². The zero-order valence-corrected chi connectivity index (χ0v) is 14.5. The monoisotopic (exact) mass is 326 g/mol. The van der Waals surface area contributed by atoms with Crippen LogP contribution in [0.2, 0.25) is 0 Å². The van der Waals surface area contributed by atoms with E-state index < -0.39 is 0 Å². The van der Waals surface area contributed by atoms with Crippen molar-refractivity contribution in [2.75, 3.05) is 13.1 Å². The highest BCUT2D eigenvalue weighted by molar-refractivity contribution is 5.84. The molecule has 2 aromatic heterocycles. The highest BCUT2D eigenvalue weighted by atomic mass is 16.1. The lowest BCUT2D eigenvalue weighted by Gasteiger charge is -2.24. The number of nitrogens with zero attached hydrogens (tertiary/aromatic N) is 3. The van der Waals surface area contributed by atoms with Gasteiger partial charge in [-0.1, -0.05) is 0 Å². The fraction of sp³-hybridized carbons (Fsp3) is 0.684.